The van der Waals surface area contributed by atoms with Gasteiger partial charge < -0.3 is 11.1 Å². The van der Waals surface area contributed by atoms with Crippen LogP contribution in [0.15, 0.2) is 5.38 Å². The molecular formula is C8H15N3S. The highest BCUT2D eigenvalue weighted by Gasteiger charge is 2.04. The monoisotopic (exact) mass is 185 g/mol. The van der Waals surface area contributed by atoms with E-state index in [2.05, 4.69) is 17.2 Å². The van der Waals surface area contributed by atoms with Gasteiger partial charge >= 0.3 is 0 Å². The van der Waals surface area contributed by atoms with Gasteiger partial charge in [-0.05, 0) is 13.3 Å². The van der Waals surface area contributed by atoms with Gasteiger partial charge in [-0.1, -0.05) is 6.92 Å². The zero-order valence-electron chi connectivity index (χ0n) is 7.50. The van der Waals surface area contributed by atoms with Gasteiger partial charge in [0.1, 0.15) is 0 Å². The second-order valence-electron chi connectivity index (χ2n) is 2.78. The molecule has 3 N–H and O–H groups in total. The maximum Gasteiger partial charge on any atom is 0.183 e. The van der Waals surface area contributed by atoms with Crippen LogP contribution in [-0.2, 0) is 0 Å². The molecule has 1 aromatic rings. The van der Waals surface area contributed by atoms with E-state index in [0.29, 0.717) is 12.6 Å². The van der Waals surface area contributed by atoms with Crippen LogP contribution in [0, 0.1) is 6.92 Å². The number of nitrogens with two attached hydrogens (primary N) is 1. The van der Waals surface area contributed by atoms with Crippen LogP contribution in [0.4, 0.5) is 5.13 Å². The number of rotatable bonds is 4. The molecule has 0 aliphatic heterocycles. The molecule has 1 atom stereocenters. The molecule has 0 aliphatic rings. The minimum Gasteiger partial charge on any atom is -0.358 e. The van der Waals surface area contributed by atoms with Crippen LogP contribution in [0.1, 0.15) is 19.0 Å². The Kier molecular flexibility index (Phi) is 3.49. The third-order valence-corrected chi connectivity index (χ3v) is 2.62. The average Bonchev–Trinajstić information content (AvgIpc) is 2.47. The average molecular weight is 185 g/mol. The molecule has 0 bridgehead atoms. The van der Waals surface area contributed by atoms with E-state index < -0.39 is 0 Å². The first-order chi connectivity index (χ1) is 5.76. The van der Waals surface area contributed by atoms with E-state index in [1.807, 2.05) is 12.3 Å². The third kappa shape index (κ3) is 2.46. The van der Waals surface area contributed by atoms with Gasteiger partial charge in [0.15, 0.2) is 5.13 Å². The van der Waals surface area contributed by atoms with Crippen molar-refractivity contribution in [2.24, 2.45) is 5.73 Å². The molecule has 0 amide bonds. The maximum atomic E-state index is 5.55. The fourth-order valence-corrected chi connectivity index (χ4v) is 1.69. The molecule has 0 aromatic carbocycles. The molecule has 1 aromatic heterocycles. The van der Waals surface area contributed by atoms with Crippen LogP contribution in [0.5, 0.6) is 0 Å². The summed E-state index contributed by atoms with van der Waals surface area (Å²) in [5, 5.41) is 6.29. The predicted octanol–water partition coefficient (Wildman–Crippen LogP) is 1.60. The fraction of sp³-hybridized carbons (Fsp3) is 0.625. The highest BCUT2D eigenvalue weighted by molar-refractivity contribution is 7.13. The lowest BCUT2D eigenvalue weighted by atomic mass is 10.2. The molecule has 0 saturated carbocycles. The summed E-state index contributed by atoms with van der Waals surface area (Å²) in [5.74, 6) is 0. The third-order valence-electron chi connectivity index (χ3n) is 1.72. The van der Waals surface area contributed by atoms with E-state index >= 15 is 0 Å². The van der Waals surface area contributed by atoms with E-state index in [4.69, 9.17) is 5.73 Å². The number of hydrogen-bond donors (Lipinski definition) is 2. The summed E-state index contributed by atoms with van der Waals surface area (Å²) in [6.45, 7) is 4.77. The first-order valence-corrected chi connectivity index (χ1v) is 5.03. The van der Waals surface area contributed by atoms with Crippen molar-refractivity contribution in [3.8, 4) is 0 Å². The summed E-state index contributed by atoms with van der Waals surface area (Å²) in [5.41, 5.74) is 6.62. The van der Waals surface area contributed by atoms with Gasteiger partial charge in [0.05, 0.1) is 5.69 Å². The number of aromatic nitrogens is 1. The Labute approximate surface area is 77.0 Å². The number of aryl methyl sites for hydroxylation is 1. The van der Waals surface area contributed by atoms with Crippen molar-refractivity contribution in [3.63, 3.8) is 0 Å². The lowest BCUT2D eigenvalue weighted by molar-refractivity contribution is 0.702. The summed E-state index contributed by atoms with van der Waals surface area (Å²) in [4.78, 5) is 4.30. The van der Waals surface area contributed by atoms with Crippen molar-refractivity contribution >= 4 is 16.5 Å². The van der Waals surface area contributed by atoms with E-state index in [9.17, 15) is 0 Å². The van der Waals surface area contributed by atoms with Crippen LogP contribution in [0.2, 0.25) is 0 Å². The number of nitrogens with one attached hydrogen (secondary N) is 1. The molecule has 1 unspecified atom stereocenters. The molecule has 0 spiro atoms. The van der Waals surface area contributed by atoms with Crippen molar-refractivity contribution in [1.29, 1.82) is 0 Å². The van der Waals surface area contributed by atoms with Gasteiger partial charge in [-0.15, -0.1) is 11.3 Å². The molecule has 0 radical (unpaired) electrons. The zero-order chi connectivity index (χ0) is 8.97. The van der Waals surface area contributed by atoms with Crippen LogP contribution < -0.4 is 11.1 Å². The summed E-state index contributed by atoms with van der Waals surface area (Å²) in [6.07, 6.45) is 1.04. The highest BCUT2D eigenvalue weighted by atomic mass is 32.1. The summed E-state index contributed by atoms with van der Waals surface area (Å²) < 4.78 is 0. The van der Waals surface area contributed by atoms with Crippen LogP contribution >= 0.6 is 11.3 Å². The number of hydrogen-bond acceptors (Lipinski definition) is 4. The lowest BCUT2D eigenvalue weighted by Crippen LogP contribution is -2.27. The summed E-state index contributed by atoms with van der Waals surface area (Å²) >= 11 is 1.63. The quantitative estimate of drug-likeness (QED) is 0.749. The Balaban J connectivity index is 2.50. The maximum absolute atomic E-state index is 5.55. The SMILES string of the molecule is CCC(CN)Nc1nc(C)cs1. The van der Waals surface area contributed by atoms with Gasteiger partial charge in [0.2, 0.25) is 0 Å². The Bertz CT molecular complexity index is 230. The summed E-state index contributed by atoms with van der Waals surface area (Å²) in [7, 11) is 0. The fourth-order valence-electron chi connectivity index (χ4n) is 0.923. The van der Waals surface area contributed by atoms with E-state index in [1.54, 1.807) is 11.3 Å². The van der Waals surface area contributed by atoms with Crippen molar-refractivity contribution in [1.82, 2.24) is 4.98 Å². The number of nitrogens with zero attached hydrogens (tertiary/aromatic N) is 1. The molecule has 0 aliphatic carbocycles. The number of thiazole rings is 1. The molecule has 1 rings (SSSR count). The normalized spacial score (nSPS) is 12.9. The molecule has 0 fully saturated rings. The van der Waals surface area contributed by atoms with Crippen molar-refractivity contribution in [3.05, 3.63) is 11.1 Å². The van der Waals surface area contributed by atoms with Gasteiger partial charge in [-0.2, -0.15) is 0 Å². The Hall–Kier alpha value is -0.610. The minimum atomic E-state index is 0.357. The topological polar surface area (TPSA) is 50.9 Å². The highest BCUT2D eigenvalue weighted by Crippen LogP contribution is 2.15. The Morgan fingerprint density at radius 3 is 2.92 bits per heavy atom. The van der Waals surface area contributed by atoms with Gasteiger partial charge in [-0.25, -0.2) is 4.98 Å². The molecule has 4 heteroatoms. The first-order valence-electron chi connectivity index (χ1n) is 4.15. The lowest BCUT2D eigenvalue weighted by Gasteiger charge is -2.12. The van der Waals surface area contributed by atoms with Gasteiger partial charge in [0.25, 0.3) is 0 Å². The summed E-state index contributed by atoms with van der Waals surface area (Å²) in [6, 6.07) is 0.357. The molecular weight excluding hydrogens is 170 g/mol. The van der Waals surface area contributed by atoms with E-state index in [0.717, 1.165) is 17.2 Å². The smallest absolute Gasteiger partial charge is 0.183 e. The largest absolute Gasteiger partial charge is 0.358 e. The second-order valence-corrected chi connectivity index (χ2v) is 3.64. The van der Waals surface area contributed by atoms with Crippen molar-refractivity contribution < 1.29 is 0 Å². The van der Waals surface area contributed by atoms with Crippen molar-refractivity contribution in [2.75, 3.05) is 11.9 Å². The van der Waals surface area contributed by atoms with Gasteiger partial charge in [-0.3, -0.25) is 0 Å². The second kappa shape index (κ2) is 4.42. The molecule has 0 saturated heterocycles. The van der Waals surface area contributed by atoms with Crippen LogP contribution in [0.25, 0.3) is 0 Å². The minimum absolute atomic E-state index is 0.357. The van der Waals surface area contributed by atoms with Crippen LogP contribution in [0.3, 0.4) is 0 Å². The molecule has 12 heavy (non-hydrogen) atoms. The van der Waals surface area contributed by atoms with Gasteiger partial charge in [0, 0.05) is 18.0 Å². The first kappa shape index (κ1) is 9.48. The van der Waals surface area contributed by atoms with Crippen LogP contribution in [-0.4, -0.2) is 17.6 Å². The van der Waals surface area contributed by atoms with E-state index in [-0.39, 0.29) is 0 Å². The Morgan fingerprint density at radius 1 is 1.75 bits per heavy atom. The molecule has 3 nitrogen and oxygen atoms in total. The Morgan fingerprint density at radius 2 is 2.50 bits per heavy atom. The van der Waals surface area contributed by atoms with Crippen molar-refractivity contribution in [2.45, 2.75) is 26.3 Å². The standard InChI is InChI=1S/C8H15N3S/c1-3-7(4-9)11-8-10-6(2)5-12-8/h5,7H,3-4,9H2,1-2H3,(H,10,11). The predicted molar refractivity (Wildman–Crippen MR) is 53.6 cm³/mol. The molecule has 1 heterocycles. The zero-order valence-corrected chi connectivity index (χ0v) is 8.32. The van der Waals surface area contributed by atoms with E-state index in [1.165, 1.54) is 0 Å². The number of anilines is 1. The molecule has 68 valence electrons.